The molecular formula is C29H37N3O5S. The number of anilines is 1. The van der Waals surface area contributed by atoms with E-state index in [0.717, 1.165) is 56.9 Å². The van der Waals surface area contributed by atoms with Gasteiger partial charge in [0.2, 0.25) is 0 Å². The predicted molar refractivity (Wildman–Crippen MR) is 146 cm³/mol. The van der Waals surface area contributed by atoms with Gasteiger partial charge in [0.1, 0.15) is 0 Å². The Morgan fingerprint density at radius 2 is 1.89 bits per heavy atom. The number of sulfone groups is 1. The molecule has 204 valence electrons. The molecule has 8 nitrogen and oxygen atoms in total. The van der Waals surface area contributed by atoms with Crippen LogP contribution in [0.15, 0.2) is 54.1 Å². The third kappa shape index (κ3) is 5.95. The molecule has 3 fully saturated rings. The van der Waals surface area contributed by atoms with Crippen molar-refractivity contribution in [1.82, 2.24) is 9.78 Å². The van der Waals surface area contributed by atoms with Crippen molar-refractivity contribution in [3.63, 3.8) is 0 Å². The predicted octanol–water partition coefficient (Wildman–Crippen LogP) is 4.06. The number of nitrogens with zero attached hydrogens (tertiary/aromatic N) is 2. The number of aromatic nitrogens is 2. The quantitative estimate of drug-likeness (QED) is 0.276. The standard InChI is InChI=1S/C29H37N3O5S/c1-2-26(21-9-10-21)38(36,37)27-12-11-22(16-24(27)20-7-8-20)25(15-19-5-3-4-6-19)29(35)30-28-13-14-32(31-28)17-23(34)18-33/h2,11-16,19-21,23,26,33-34H,1,3-10,17-18H2,(H,30,31,35)/b25-15+/t23-,26?/m0/s1. The van der Waals surface area contributed by atoms with E-state index < -0.39 is 21.2 Å². The van der Waals surface area contributed by atoms with E-state index in [1.54, 1.807) is 30.5 Å². The molecule has 2 aromatic rings. The zero-order valence-electron chi connectivity index (χ0n) is 21.6. The van der Waals surface area contributed by atoms with Crippen LogP contribution in [0.1, 0.15) is 68.4 Å². The van der Waals surface area contributed by atoms with Crippen molar-refractivity contribution < 1.29 is 23.4 Å². The second-order valence-corrected chi connectivity index (χ2v) is 13.0. The molecule has 38 heavy (non-hydrogen) atoms. The van der Waals surface area contributed by atoms with Crippen molar-refractivity contribution >= 4 is 27.1 Å². The van der Waals surface area contributed by atoms with Crippen LogP contribution in [-0.4, -0.2) is 52.3 Å². The van der Waals surface area contributed by atoms with Gasteiger partial charge in [0.25, 0.3) is 5.91 Å². The fraction of sp³-hybridized carbons (Fsp3) is 0.517. The van der Waals surface area contributed by atoms with Gasteiger partial charge in [-0.25, -0.2) is 8.42 Å². The summed E-state index contributed by atoms with van der Waals surface area (Å²) in [5.74, 6) is 0.669. The van der Waals surface area contributed by atoms with Gasteiger partial charge in [0, 0.05) is 17.8 Å². The second-order valence-electron chi connectivity index (χ2n) is 10.9. The molecule has 5 rings (SSSR count). The lowest BCUT2D eigenvalue weighted by atomic mass is 9.96. The number of aliphatic hydroxyl groups excluding tert-OH is 2. The Kier molecular flexibility index (Phi) is 7.88. The minimum Gasteiger partial charge on any atom is -0.394 e. The molecule has 1 amide bonds. The van der Waals surface area contributed by atoms with Crippen molar-refractivity contribution in [2.75, 3.05) is 11.9 Å². The summed E-state index contributed by atoms with van der Waals surface area (Å²) in [6.07, 6.45) is 12.3. The molecule has 0 radical (unpaired) electrons. The molecule has 0 bridgehead atoms. The molecule has 9 heteroatoms. The van der Waals surface area contributed by atoms with Gasteiger partial charge < -0.3 is 15.5 Å². The molecule has 0 aliphatic heterocycles. The zero-order chi connectivity index (χ0) is 26.9. The molecule has 1 unspecified atom stereocenters. The average molecular weight is 540 g/mol. The van der Waals surface area contributed by atoms with E-state index in [0.29, 0.717) is 27.8 Å². The highest BCUT2D eigenvalue weighted by molar-refractivity contribution is 7.92. The lowest BCUT2D eigenvalue weighted by Crippen LogP contribution is -2.22. The number of hydrogen-bond acceptors (Lipinski definition) is 6. The number of hydrogen-bond donors (Lipinski definition) is 3. The van der Waals surface area contributed by atoms with Crippen LogP contribution in [0.3, 0.4) is 0 Å². The number of nitrogens with one attached hydrogen (secondary N) is 1. The maximum Gasteiger partial charge on any atom is 0.257 e. The van der Waals surface area contributed by atoms with Gasteiger partial charge in [0.05, 0.1) is 29.4 Å². The average Bonchev–Trinajstić information content (AvgIpc) is 3.82. The molecule has 3 aliphatic carbocycles. The van der Waals surface area contributed by atoms with Crippen LogP contribution in [0.4, 0.5) is 5.82 Å². The first-order valence-corrected chi connectivity index (χ1v) is 15.2. The largest absolute Gasteiger partial charge is 0.394 e. The molecule has 2 atom stereocenters. The highest BCUT2D eigenvalue weighted by Crippen LogP contribution is 2.47. The van der Waals surface area contributed by atoms with E-state index in [1.165, 1.54) is 4.68 Å². The van der Waals surface area contributed by atoms with Crippen molar-refractivity contribution in [2.45, 2.75) is 80.1 Å². The summed E-state index contributed by atoms with van der Waals surface area (Å²) in [6.45, 7) is 3.56. The first-order valence-electron chi connectivity index (χ1n) is 13.7. The lowest BCUT2D eigenvalue weighted by Gasteiger charge is -2.18. The van der Waals surface area contributed by atoms with Crippen LogP contribution in [0, 0.1) is 11.8 Å². The van der Waals surface area contributed by atoms with Crippen molar-refractivity contribution in [3.05, 3.63) is 60.3 Å². The summed E-state index contributed by atoms with van der Waals surface area (Å²) >= 11 is 0. The zero-order valence-corrected chi connectivity index (χ0v) is 22.4. The highest BCUT2D eigenvalue weighted by atomic mass is 32.2. The number of carbonyl (C=O) groups is 1. The fourth-order valence-corrected chi connectivity index (χ4v) is 7.62. The summed E-state index contributed by atoms with van der Waals surface area (Å²) in [4.78, 5) is 13.9. The maximum atomic E-state index is 13.6. The topological polar surface area (TPSA) is 122 Å². The summed E-state index contributed by atoms with van der Waals surface area (Å²) < 4.78 is 28.7. The van der Waals surface area contributed by atoms with Crippen LogP contribution in [0.5, 0.6) is 0 Å². The molecule has 3 saturated carbocycles. The Morgan fingerprint density at radius 3 is 2.53 bits per heavy atom. The van der Waals surface area contributed by atoms with Crippen LogP contribution < -0.4 is 5.32 Å². The number of benzene rings is 1. The Balaban J connectivity index is 1.46. The summed E-state index contributed by atoms with van der Waals surface area (Å²) in [7, 11) is -3.56. The molecule has 0 saturated heterocycles. The van der Waals surface area contributed by atoms with Gasteiger partial charge in [-0.2, -0.15) is 5.10 Å². The molecule has 0 spiro atoms. The van der Waals surface area contributed by atoms with E-state index in [4.69, 9.17) is 5.11 Å². The van der Waals surface area contributed by atoms with Crippen LogP contribution in [0.2, 0.25) is 0 Å². The molecule has 1 heterocycles. The van der Waals surface area contributed by atoms with Crippen molar-refractivity contribution in [2.24, 2.45) is 11.8 Å². The van der Waals surface area contributed by atoms with Crippen LogP contribution in [-0.2, 0) is 21.2 Å². The smallest absolute Gasteiger partial charge is 0.257 e. The van der Waals surface area contributed by atoms with E-state index in [2.05, 4.69) is 17.0 Å². The highest BCUT2D eigenvalue weighted by Gasteiger charge is 2.41. The summed E-state index contributed by atoms with van der Waals surface area (Å²) in [6, 6.07) is 7.02. The maximum absolute atomic E-state index is 13.6. The second kappa shape index (κ2) is 11.2. The Bertz CT molecular complexity index is 1320. The summed E-state index contributed by atoms with van der Waals surface area (Å²) in [5.41, 5.74) is 2.05. The van der Waals surface area contributed by atoms with Gasteiger partial charge in [-0.3, -0.25) is 9.48 Å². The van der Waals surface area contributed by atoms with Crippen LogP contribution in [0.25, 0.3) is 5.57 Å². The van der Waals surface area contributed by atoms with Crippen molar-refractivity contribution in [1.29, 1.82) is 0 Å². The van der Waals surface area contributed by atoms with E-state index in [-0.39, 0.29) is 30.9 Å². The lowest BCUT2D eigenvalue weighted by molar-refractivity contribution is -0.111. The SMILES string of the molecule is C=CC(C1CC1)S(=O)(=O)c1ccc(/C(=C\C2CCCC2)C(=O)Nc2ccn(C[C@H](O)CO)n2)cc1C1CC1. The fourth-order valence-electron chi connectivity index (χ4n) is 5.48. The monoisotopic (exact) mass is 539 g/mol. The molecule has 3 N–H and O–H groups in total. The third-order valence-corrected chi connectivity index (χ3v) is 10.1. The van der Waals surface area contributed by atoms with Gasteiger partial charge >= 0.3 is 0 Å². The number of allylic oxidation sites excluding steroid dienone is 1. The third-order valence-electron chi connectivity index (χ3n) is 7.86. The van der Waals surface area contributed by atoms with Crippen molar-refractivity contribution in [3.8, 4) is 0 Å². The van der Waals surface area contributed by atoms with E-state index in [9.17, 15) is 18.3 Å². The molecule has 1 aromatic heterocycles. The van der Waals surface area contributed by atoms with Crippen LogP contribution >= 0.6 is 0 Å². The molecule has 3 aliphatic rings. The van der Waals surface area contributed by atoms with Gasteiger partial charge in [0.15, 0.2) is 15.7 Å². The number of carbonyl (C=O) groups excluding carboxylic acids is 1. The van der Waals surface area contributed by atoms with Gasteiger partial charge in [-0.1, -0.05) is 31.1 Å². The number of amides is 1. The normalized spacial score (nSPS) is 20.3. The summed E-state index contributed by atoms with van der Waals surface area (Å²) in [5, 5.41) is 25.4. The Labute approximate surface area is 224 Å². The Hall–Kier alpha value is -2.75. The van der Waals surface area contributed by atoms with Gasteiger partial charge in [-0.05, 0) is 79.5 Å². The first kappa shape index (κ1) is 26.8. The minimum atomic E-state index is -3.56. The number of aliphatic hydroxyl groups is 2. The van der Waals surface area contributed by atoms with E-state index in [1.807, 2.05) is 12.1 Å². The van der Waals surface area contributed by atoms with E-state index >= 15 is 0 Å². The molecule has 1 aromatic carbocycles. The Morgan fingerprint density at radius 1 is 1.16 bits per heavy atom. The number of rotatable bonds is 12. The minimum absolute atomic E-state index is 0.115. The first-order chi connectivity index (χ1) is 18.3. The van der Waals surface area contributed by atoms with Gasteiger partial charge in [-0.15, -0.1) is 6.58 Å². The molecular weight excluding hydrogens is 502 g/mol.